The van der Waals surface area contributed by atoms with Crippen LogP contribution < -0.4 is 5.32 Å². The first kappa shape index (κ1) is 12.1. The van der Waals surface area contributed by atoms with Gasteiger partial charge in [0.1, 0.15) is 0 Å². The summed E-state index contributed by atoms with van der Waals surface area (Å²) in [6.45, 7) is 6.07. The number of nitrogens with one attached hydrogen (secondary N) is 1. The maximum absolute atomic E-state index is 5.26. The zero-order chi connectivity index (χ0) is 12.1. The van der Waals surface area contributed by atoms with E-state index in [4.69, 9.17) is 4.42 Å². The molecule has 2 rings (SSSR count). The molecule has 2 heterocycles. The van der Waals surface area contributed by atoms with Gasteiger partial charge in [-0.05, 0) is 0 Å². The van der Waals surface area contributed by atoms with Gasteiger partial charge in [0.2, 0.25) is 16.9 Å². The number of aromatic nitrogens is 4. The molecule has 1 N–H and O–H groups in total. The van der Waals surface area contributed by atoms with Gasteiger partial charge in [-0.15, -0.1) is 27.0 Å². The summed E-state index contributed by atoms with van der Waals surface area (Å²) in [5.74, 6) is 1.78. The molecule has 0 aliphatic heterocycles. The van der Waals surface area contributed by atoms with Crippen LogP contribution in [0.3, 0.4) is 0 Å². The van der Waals surface area contributed by atoms with Gasteiger partial charge in [-0.1, -0.05) is 29.2 Å². The van der Waals surface area contributed by atoms with E-state index in [1.807, 2.05) is 0 Å². The van der Waals surface area contributed by atoms with Gasteiger partial charge in [-0.25, -0.2) is 0 Å². The Balaban J connectivity index is 1.86. The van der Waals surface area contributed by atoms with E-state index in [1.54, 1.807) is 13.0 Å². The number of rotatable bonds is 6. The molecule has 0 saturated carbocycles. The lowest BCUT2D eigenvalue weighted by atomic mass is 10.6. The van der Waals surface area contributed by atoms with Crippen molar-refractivity contribution in [3.63, 3.8) is 0 Å². The molecule has 6 nitrogen and oxygen atoms in total. The minimum Gasteiger partial charge on any atom is -0.425 e. The zero-order valence-corrected chi connectivity index (χ0v) is 10.8. The third kappa shape index (κ3) is 3.53. The number of aryl methyl sites for hydroxylation is 1. The van der Waals surface area contributed by atoms with Crippen molar-refractivity contribution in [1.29, 1.82) is 0 Å². The number of anilines is 1. The molecule has 8 heteroatoms. The molecule has 0 aromatic carbocycles. The highest BCUT2D eigenvalue weighted by atomic mass is 32.2. The molecular formula is C9H11N5OS2. The first-order chi connectivity index (χ1) is 8.28. The minimum atomic E-state index is 0.575. The molecule has 0 saturated heterocycles. The fourth-order valence-corrected chi connectivity index (χ4v) is 2.61. The number of hydrogen-bond donors (Lipinski definition) is 1. The molecule has 0 aliphatic carbocycles. The van der Waals surface area contributed by atoms with Gasteiger partial charge in [0.15, 0.2) is 4.34 Å². The van der Waals surface area contributed by atoms with E-state index < -0.39 is 0 Å². The summed E-state index contributed by atoms with van der Waals surface area (Å²) < 4.78 is 6.13. The predicted octanol–water partition coefficient (Wildman–Crippen LogP) is 2.12. The third-order valence-corrected chi connectivity index (χ3v) is 3.69. The molecule has 0 amide bonds. The van der Waals surface area contributed by atoms with Crippen molar-refractivity contribution in [1.82, 2.24) is 20.4 Å². The van der Waals surface area contributed by atoms with Crippen LogP contribution in [0.4, 0.5) is 5.13 Å². The highest BCUT2D eigenvalue weighted by Crippen LogP contribution is 2.27. The van der Waals surface area contributed by atoms with Crippen LogP contribution in [0.15, 0.2) is 21.4 Å². The quantitative estimate of drug-likeness (QED) is 0.635. The Kier molecular flexibility index (Phi) is 4.10. The molecule has 2 aromatic heterocycles. The lowest BCUT2D eigenvalue weighted by Gasteiger charge is -1.93. The molecular weight excluding hydrogens is 258 g/mol. The summed E-state index contributed by atoms with van der Waals surface area (Å²) in [5, 5.41) is 19.6. The van der Waals surface area contributed by atoms with Crippen molar-refractivity contribution in [3.05, 3.63) is 24.4 Å². The number of nitrogens with zero attached hydrogens (tertiary/aromatic N) is 4. The van der Waals surface area contributed by atoms with Gasteiger partial charge in [0.25, 0.3) is 0 Å². The van der Waals surface area contributed by atoms with Gasteiger partial charge in [0.05, 0.1) is 5.75 Å². The van der Waals surface area contributed by atoms with Crippen LogP contribution in [0.5, 0.6) is 0 Å². The summed E-state index contributed by atoms with van der Waals surface area (Å²) in [6.07, 6.45) is 1.77. The second-order valence-corrected chi connectivity index (χ2v) is 5.25. The number of thioether (sulfide) groups is 1. The highest BCUT2D eigenvalue weighted by Gasteiger charge is 2.07. The summed E-state index contributed by atoms with van der Waals surface area (Å²) >= 11 is 3.01. The van der Waals surface area contributed by atoms with E-state index in [2.05, 4.69) is 32.3 Å². The van der Waals surface area contributed by atoms with Gasteiger partial charge in [0, 0.05) is 13.5 Å². The van der Waals surface area contributed by atoms with Crippen LogP contribution in [-0.4, -0.2) is 26.9 Å². The van der Waals surface area contributed by atoms with Crippen molar-refractivity contribution >= 4 is 28.2 Å². The van der Waals surface area contributed by atoms with Crippen molar-refractivity contribution in [3.8, 4) is 0 Å². The molecule has 0 aliphatic rings. The fourth-order valence-electron chi connectivity index (χ4n) is 1.02. The molecule has 90 valence electrons. The average Bonchev–Trinajstić information content (AvgIpc) is 2.93. The Labute approximate surface area is 107 Å². The van der Waals surface area contributed by atoms with E-state index in [1.165, 1.54) is 23.1 Å². The average molecular weight is 269 g/mol. The predicted molar refractivity (Wildman–Crippen MR) is 67.2 cm³/mol. The standard InChI is InChI=1S/C9H11N5OS2/c1-3-4-10-8-13-14-9(17-8)16-5-7-12-11-6(2)15-7/h3H,1,4-5H2,2H3,(H,10,13). The van der Waals surface area contributed by atoms with Gasteiger partial charge < -0.3 is 9.73 Å². The first-order valence-electron chi connectivity index (χ1n) is 4.88. The van der Waals surface area contributed by atoms with Crippen molar-refractivity contribution < 1.29 is 4.42 Å². The van der Waals surface area contributed by atoms with Crippen LogP contribution in [0.1, 0.15) is 11.8 Å². The van der Waals surface area contributed by atoms with E-state index in [0.29, 0.717) is 24.1 Å². The molecule has 0 spiro atoms. The molecule has 2 aromatic rings. The second-order valence-electron chi connectivity index (χ2n) is 3.05. The lowest BCUT2D eigenvalue weighted by molar-refractivity contribution is 0.485. The molecule has 0 bridgehead atoms. The van der Waals surface area contributed by atoms with Crippen LogP contribution >= 0.6 is 23.1 Å². The second kappa shape index (κ2) is 5.78. The van der Waals surface area contributed by atoms with Gasteiger partial charge in [-0.3, -0.25) is 0 Å². The Bertz CT molecular complexity index is 495. The SMILES string of the molecule is C=CCNc1nnc(SCc2nnc(C)o2)s1. The lowest BCUT2D eigenvalue weighted by Crippen LogP contribution is -1.96. The summed E-state index contributed by atoms with van der Waals surface area (Å²) in [5.41, 5.74) is 0. The Morgan fingerprint density at radius 2 is 2.29 bits per heavy atom. The zero-order valence-electron chi connectivity index (χ0n) is 9.21. The highest BCUT2D eigenvalue weighted by molar-refractivity contribution is 8.00. The van der Waals surface area contributed by atoms with Gasteiger partial charge >= 0.3 is 0 Å². The summed E-state index contributed by atoms with van der Waals surface area (Å²) in [4.78, 5) is 0. The van der Waals surface area contributed by atoms with E-state index in [-0.39, 0.29) is 0 Å². The van der Waals surface area contributed by atoms with E-state index in [0.717, 1.165) is 9.47 Å². The number of hydrogen-bond acceptors (Lipinski definition) is 8. The Hall–Kier alpha value is -1.41. The van der Waals surface area contributed by atoms with Crippen LogP contribution in [0.25, 0.3) is 0 Å². The first-order valence-corrected chi connectivity index (χ1v) is 6.68. The molecule has 0 unspecified atom stereocenters. The maximum Gasteiger partial charge on any atom is 0.226 e. The van der Waals surface area contributed by atoms with E-state index in [9.17, 15) is 0 Å². The largest absolute Gasteiger partial charge is 0.425 e. The minimum absolute atomic E-state index is 0.575. The Morgan fingerprint density at radius 3 is 3.00 bits per heavy atom. The molecule has 0 atom stereocenters. The summed E-state index contributed by atoms with van der Waals surface area (Å²) in [7, 11) is 0. The maximum atomic E-state index is 5.26. The monoisotopic (exact) mass is 269 g/mol. The van der Waals surface area contributed by atoms with Crippen molar-refractivity contribution in [2.75, 3.05) is 11.9 Å². The molecule has 0 fully saturated rings. The van der Waals surface area contributed by atoms with Crippen molar-refractivity contribution in [2.45, 2.75) is 17.0 Å². The Morgan fingerprint density at radius 1 is 1.41 bits per heavy atom. The molecule has 17 heavy (non-hydrogen) atoms. The molecule has 0 radical (unpaired) electrons. The normalized spacial score (nSPS) is 10.4. The van der Waals surface area contributed by atoms with Gasteiger partial charge in [-0.2, -0.15) is 0 Å². The van der Waals surface area contributed by atoms with Crippen LogP contribution in [0, 0.1) is 6.92 Å². The van der Waals surface area contributed by atoms with Crippen LogP contribution in [-0.2, 0) is 5.75 Å². The van der Waals surface area contributed by atoms with E-state index >= 15 is 0 Å². The topological polar surface area (TPSA) is 76.7 Å². The van der Waals surface area contributed by atoms with Crippen molar-refractivity contribution in [2.24, 2.45) is 0 Å². The summed E-state index contributed by atoms with van der Waals surface area (Å²) in [6, 6.07) is 0. The smallest absolute Gasteiger partial charge is 0.226 e. The van der Waals surface area contributed by atoms with Crippen LogP contribution in [0.2, 0.25) is 0 Å². The fraction of sp³-hybridized carbons (Fsp3) is 0.333. The third-order valence-electron chi connectivity index (χ3n) is 1.69.